The van der Waals surface area contributed by atoms with Crippen molar-refractivity contribution in [3.63, 3.8) is 0 Å². The lowest BCUT2D eigenvalue weighted by atomic mass is 9.78. The Morgan fingerprint density at radius 2 is 2.17 bits per heavy atom. The van der Waals surface area contributed by atoms with Gasteiger partial charge in [0.25, 0.3) is 0 Å². The number of aliphatic carboxylic acids is 1. The molecule has 0 amide bonds. The lowest BCUT2D eigenvalue weighted by Crippen LogP contribution is -2.49. The van der Waals surface area contributed by atoms with E-state index in [1.807, 2.05) is 6.92 Å². The highest BCUT2D eigenvalue weighted by molar-refractivity contribution is 5.80. The zero-order valence-electron chi connectivity index (χ0n) is 10.6. The van der Waals surface area contributed by atoms with Crippen LogP contribution in [0.3, 0.4) is 0 Å². The minimum absolute atomic E-state index is 0.0868. The standard InChI is InChI=1S/C15H17NO2/c1-8-6-9(2)13-12(7-8)10-4-3-5-11(10)14(16-13)15(17)18/h3-4,6-7,10-11,14,16H,5H2,1-2H3,(H,17,18)/p-1/t10-,11+,14-/m1/s1. The fourth-order valence-electron chi connectivity index (χ4n) is 3.31. The van der Waals surface area contributed by atoms with Gasteiger partial charge in [-0.15, -0.1) is 0 Å². The lowest BCUT2D eigenvalue weighted by Gasteiger charge is -2.38. The fourth-order valence-corrected chi connectivity index (χ4v) is 3.31. The zero-order valence-corrected chi connectivity index (χ0v) is 10.6. The number of carboxylic acids is 1. The number of benzene rings is 1. The highest BCUT2D eigenvalue weighted by Crippen LogP contribution is 2.45. The van der Waals surface area contributed by atoms with Crippen molar-refractivity contribution in [1.82, 2.24) is 0 Å². The molecule has 2 aliphatic rings. The van der Waals surface area contributed by atoms with Crippen LogP contribution < -0.4 is 10.4 Å². The van der Waals surface area contributed by atoms with Crippen LogP contribution in [0, 0.1) is 19.8 Å². The Hall–Kier alpha value is -1.77. The Morgan fingerprint density at radius 3 is 2.89 bits per heavy atom. The molecule has 1 aromatic rings. The van der Waals surface area contributed by atoms with Crippen molar-refractivity contribution < 1.29 is 9.90 Å². The topological polar surface area (TPSA) is 52.2 Å². The number of hydrogen-bond donors (Lipinski definition) is 1. The summed E-state index contributed by atoms with van der Waals surface area (Å²) in [6, 6.07) is 3.66. The summed E-state index contributed by atoms with van der Waals surface area (Å²) in [5.74, 6) is -0.703. The SMILES string of the molecule is Cc1cc(C)c2c(c1)[C@@H]1C=CC[C@@H]1[C@H](C(=O)[O-])N2. The van der Waals surface area contributed by atoms with Crippen molar-refractivity contribution in [2.75, 3.05) is 5.32 Å². The first kappa shape index (κ1) is 11.3. The van der Waals surface area contributed by atoms with Crippen molar-refractivity contribution in [2.24, 2.45) is 5.92 Å². The number of nitrogens with one attached hydrogen (secondary N) is 1. The van der Waals surface area contributed by atoms with Gasteiger partial charge in [0.2, 0.25) is 0 Å². The van der Waals surface area contributed by atoms with E-state index in [-0.39, 0.29) is 11.8 Å². The first-order valence-electron chi connectivity index (χ1n) is 6.33. The van der Waals surface area contributed by atoms with Gasteiger partial charge in [-0.05, 0) is 37.3 Å². The van der Waals surface area contributed by atoms with E-state index in [4.69, 9.17) is 0 Å². The van der Waals surface area contributed by atoms with E-state index in [0.29, 0.717) is 0 Å². The summed E-state index contributed by atoms with van der Waals surface area (Å²) in [5.41, 5.74) is 4.53. The Bertz CT molecular complexity index is 548. The molecule has 0 fully saturated rings. The maximum absolute atomic E-state index is 11.3. The number of fused-ring (bicyclic) bond motifs is 3. The highest BCUT2D eigenvalue weighted by Gasteiger charge is 2.38. The number of carboxylic acid groups (broad SMARTS) is 1. The second-order valence-corrected chi connectivity index (χ2v) is 5.34. The number of carbonyl (C=O) groups excluding carboxylic acids is 1. The molecule has 1 N–H and O–H groups in total. The van der Waals surface area contributed by atoms with E-state index in [1.165, 1.54) is 11.1 Å². The van der Waals surface area contributed by atoms with Gasteiger partial charge >= 0.3 is 0 Å². The van der Waals surface area contributed by atoms with Gasteiger partial charge in [0.05, 0.1) is 12.0 Å². The van der Waals surface area contributed by atoms with Crippen LogP contribution in [0.2, 0.25) is 0 Å². The third-order valence-electron chi connectivity index (χ3n) is 4.06. The van der Waals surface area contributed by atoms with Crippen LogP contribution in [-0.2, 0) is 4.79 Å². The van der Waals surface area contributed by atoms with E-state index in [2.05, 4.69) is 36.5 Å². The Balaban J connectivity index is 2.14. The molecule has 0 spiro atoms. The molecule has 3 heteroatoms. The average Bonchev–Trinajstić information content (AvgIpc) is 2.76. The van der Waals surface area contributed by atoms with Crippen LogP contribution in [-0.4, -0.2) is 12.0 Å². The Morgan fingerprint density at radius 1 is 1.39 bits per heavy atom. The average molecular weight is 242 g/mol. The number of anilines is 1. The molecule has 0 saturated heterocycles. The van der Waals surface area contributed by atoms with Crippen LogP contribution >= 0.6 is 0 Å². The minimum Gasteiger partial charge on any atom is -0.548 e. The van der Waals surface area contributed by atoms with E-state index in [9.17, 15) is 9.90 Å². The number of aryl methyl sites for hydroxylation is 2. The molecule has 0 bridgehead atoms. The summed E-state index contributed by atoms with van der Waals surface area (Å²) < 4.78 is 0. The third-order valence-corrected chi connectivity index (χ3v) is 4.06. The van der Waals surface area contributed by atoms with Crippen molar-refractivity contribution in [1.29, 1.82) is 0 Å². The molecule has 0 aromatic heterocycles. The smallest absolute Gasteiger partial charge is 0.0698 e. The predicted octanol–water partition coefficient (Wildman–Crippen LogP) is 1.51. The van der Waals surface area contributed by atoms with Crippen molar-refractivity contribution in [2.45, 2.75) is 32.2 Å². The summed E-state index contributed by atoms with van der Waals surface area (Å²) in [4.78, 5) is 11.3. The van der Waals surface area contributed by atoms with Crippen molar-refractivity contribution in [3.05, 3.63) is 41.0 Å². The molecule has 3 atom stereocenters. The summed E-state index contributed by atoms with van der Waals surface area (Å²) in [5, 5.41) is 14.4. The summed E-state index contributed by atoms with van der Waals surface area (Å²) in [7, 11) is 0. The first-order chi connectivity index (χ1) is 8.58. The predicted molar refractivity (Wildman–Crippen MR) is 68.3 cm³/mol. The van der Waals surface area contributed by atoms with Crippen molar-refractivity contribution in [3.8, 4) is 0 Å². The second-order valence-electron chi connectivity index (χ2n) is 5.34. The fraction of sp³-hybridized carbons (Fsp3) is 0.400. The molecule has 94 valence electrons. The van der Waals surface area contributed by atoms with Gasteiger partial charge in [-0.1, -0.05) is 29.8 Å². The largest absolute Gasteiger partial charge is 0.548 e. The molecular weight excluding hydrogens is 226 g/mol. The van der Waals surface area contributed by atoms with Gasteiger partial charge in [-0.3, -0.25) is 0 Å². The Labute approximate surface area is 107 Å². The monoisotopic (exact) mass is 242 g/mol. The van der Waals surface area contributed by atoms with Crippen LogP contribution in [0.5, 0.6) is 0 Å². The molecular formula is C15H16NO2-. The molecule has 3 nitrogen and oxygen atoms in total. The first-order valence-corrected chi connectivity index (χ1v) is 6.33. The minimum atomic E-state index is -1.00. The lowest BCUT2D eigenvalue weighted by molar-refractivity contribution is -0.308. The molecule has 1 aromatic carbocycles. The van der Waals surface area contributed by atoms with Gasteiger partial charge < -0.3 is 15.2 Å². The maximum atomic E-state index is 11.3. The van der Waals surface area contributed by atoms with Crippen LogP contribution in [0.25, 0.3) is 0 Å². The van der Waals surface area contributed by atoms with Gasteiger partial charge in [0.1, 0.15) is 0 Å². The molecule has 1 aliphatic carbocycles. The highest BCUT2D eigenvalue weighted by atomic mass is 16.4. The van der Waals surface area contributed by atoms with Crippen LogP contribution in [0.1, 0.15) is 29.0 Å². The van der Waals surface area contributed by atoms with Crippen molar-refractivity contribution >= 4 is 11.7 Å². The summed E-state index contributed by atoms with van der Waals surface area (Å²) in [6.45, 7) is 4.09. The quantitative estimate of drug-likeness (QED) is 0.759. The summed E-state index contributed by atoms with van der Waals surface area (Å²) >= 11 is 0. The third kappa shape index (κ3) is 1.54. The maximum Gasteiger partial charge on any atom is 0.0698 e. The van der Waals surface area contributed by atoms with Gasteiger partial charge in [-0.2, -0.15) is 0 Å². The second kappa shape index (κ2) is 3.87. The number of hydrogen-bond acceptors (Lipinski definition) is 3. The zero-order chi connectivity index (χ0) is 12.9. The molecule has 3 rings (SSSR count). The van der Waals surface area contributed by atoms with Crippen LogP contribution in [0.15, 0.2) is 24.3 Å². The molecule has 1 heterocycles. The summed E-state index contributed by atoms with van der Waals surface area (Å²) in [6.07, 6.45) is 5.03. The van der Waals surface area contributed by atoms with Crippen LogP contribution in [0.4, 0.5) is 5.69 Å². The molecule has 0 saturated carbocycles. The molecule has 1 aliphatic heterocycles. The normalized spacial score (nSPS) is 28.4. The number of allylic oxidation sites excluding steroid dienone is 2. The van der Waals surface area contributed by atoms with E-state index < -0.39 is 12.0 Å². The number of rotatable bonds is 1. The molecule has 18 heavy (non-hydrogen) atoms. The van der Waals surface area contributed by atoms with Gasteiger partial charge in [0.15, 0.2) is 0 Å². The van der Waals surface area contributed by atoms with Gasteiger partial charge in [-0.25, -0.2) is 0 Å². The van der Waals surface area contributed by atoms with E-state index in [0.717, 1.165) is 17.7 Å². The van der Waals surface area contributed by atoms with Gasteiger partial charge in [0, 0.05) is 11.6 Å². The molecule has 0 unspecified atom stereocenters. The van der Waals surface area contributed by atoms with E-state index >= 15 is 0 Å². The number of carbonyl (C=O) groups is 1. The Kier molecular flexibility index (Phi) is 2.44. The van der Waals surface area contributed by atoms with E-state index in [1.54, 1.807) is 0 Å². The molecule has 0 radical (unpaired) electrons.